The minimum absolute atomic E-state index is 0.00155. The minimum Gasteiger partial charge on any atom is -0.477 e. The van der Waals surface area contributed by atoms with Crippen molar-refractivity contribution in [3.05, 3.63) is 72.3 Å². The molecule has 0 aliphatic heterocycles. The molecule has 0 unspecified atom stereocenters. The standard InChI is InChI=1S/C16H14N4O2/c21-16(22)15-8-13(6-7-17-15)19-14-9-18-20(11-14)10-12-4-2-1-3-5-12/h1-9,11H,10H2,(H,17,19)(H,21,22). The fraction of sp³-hybridized carbons (Fsp3) is 0.0625. The molecule has 3 aromatic rings. The van der Waals surface area contributed by atoms with Crippen LogP contribution in [0.15, 0.2) is 61.1 Å². The molecule has 22 heavy (non-hydrogen) atoms. The number of benzene rings is 1. The van der Waals surface area contributed by atoms with E-state index in [1.54, 1.807) is 12.3 Å². The predicted octanol–water partition coefficient (Wildman–Crippen LogP) is 2.77. The molecule has 0 aliphatic rings. The predicted molar refractivity (Wildman–Crippen MR) is 82.3 cm³/mol. The van der Waals surface area contributed by atoms with Crippen LogP contribution in [0.2, 0.25) is 0 Å². The maximum absolute atomic E-state index is 10.9. The summed E-state index contributed by atoms with van der Waals surface area (Å²) in [4.78, 5) is 14.7. The number of carbonyl (C=O) groups is 1. The maximum Gasteiger partial charge on any atom is 0.354 e. The quantitative estimate of drug-likeness (QED) is 0.756. The van der Waals surface area contributed by atoms with Gasteiger partial charge in [-0.1, -0.05) is 30.3 Å². The van der Waals surface area contributed by atoms with E-state index in [2.05, 4.69) is 15.4 Å². The van der Waals surface area contributed by atoms with Gasteiger partial charge in [0.25, 0.3) is 0 Å². The molecule has 0 saturated heterocycles. The smallest absolute Gasteiger partial charge is 0.354 e. The first kappa shape index (κ1) is 13.8. The van der Waals surface area contributed by atoms with Crippen LogP contribution in [0.4, 0.5) is 11.4 Å². The zero-order valence-electron chi connectivity index (χ0n) is 11.7. The second-order valence-electron chi connectivity index (χ2n) is 4.77. The summed E-state index contributed by atoms with van der Waals surface area (Å²) in [6.07, 6.45) is 5.03. The molecule has 0 bridgehead atoms. The molecule has 2 heterocycles. The van der Waals surface area contributed by atoms with Gasteiger partial charge >= 0.3 is 5.97 Å². The van der Waals surface area contributed by atoms with Gasteiger partial charge in [-0.15, -0.1) is 0 Å². The summed E-state index contributed by atoms with van der Waals surface area (Å²) < 4.78 is 1.82. The monoisotopic (exact) mass is 294 g/mol. The molecular formula is C16H14N4O2. The van der Waals surface area contributed by atoms with Gasteiger partial charge in [0.2, 0.25) is 0 Å². The van der Waals surface area contributed by atoms with E-state index in [9.17, 15) is 4.79 Å². The highest BCUT2D eigenvalue weighted by molar-refractivity contribution is 5.86. The minimum atomic E-state index is -1.05. The molecule has 110 valence electrons. The Kier molecular flexibility index (Phi) is 3.82. The third-order valence-corrected chi connectivity index (χ3v) is 3.09. The second-order valence-corrected chi connectivity index (χ2v) is 4.77. The molecule has 0 saturated carbocycles. The Hall–Kier alpha value is -3.15. The van der Waals surface area contributed by atoms with E-state index in [1.807, 2.05) is 41.2 Å². The molecule has 0 radical (unpaired) electrons. The van der Waals surface area contributed by atoms with E-state index in [0.29, 0.717) is 12.2 Å². The Bertz CT molecular complexity index is 784. The first-order chi connectivity index (χ1) is 10.7. The van der Waals surface area contributed by atoms with Crippen molar-refractivity contribution in [2.24, 2.45) is 0 Å². The van der Waals surface area contributed by atoms with Crippen LogP contribution in [0, 0.1) is 0 Å². The normalized spacial score (nSPS) is 10.4. The number of nitrogens with zero attached hydrogens (tertiary/aromatic N) is 3. The molecule has 1 aromatic carbocycles. The van der Waals surface area contributed by atoms with E-state index >= 15 is 0 Å². The lowest BCUT2D eigenvalue weighted by molar-refractivity contribution is 0.0690. The Labute approximate surface area is 127 Å². The van der Waals surface area contributed by atoms with Crippen LogP contribution in [-0.4, -0.2) is 25.8 Å². The van der Waals surface area contributed by atoms with Crippen molar-refractivity contribution >= 4 is 17.3 Å². The highest BCUT2D eigenvalue weighted by Crippen LogP contribution is 2.16. The van der Waals surface area contributed by atoms with Gasteiger partial charge in [-0.2, -0.15) is 5.10 Å². The van der Waals surface area contributed by atoms with Gasteiger partial charge in [-0.05, 0) is 17.7 Å². The third kappa shape index (κ3) is 3.29. The Morgan fingerprint density at radius 2 is 2.00 bits per heavy atom. The number of pyridine rings is 1. The molecule has 0 spiro atoms. The average Bonchev–Trinajstić information content (AvgIpc) is 2.95. The van der Waals surface area contributed by atoms with Crippen LogP contribution in [0.25, 0.3) is 0 Å². The Morgan fingerprint density at radius 1 is 1.18 bits per heavy atom. The third-order valence-electron chi connectivity index (χ3n) is 3.09. The molecular weight excluding hydrogens is 280 g/mol. The summed E-state index contributed by atoms with van der Waals surface area (Å²) in [5, 5.41) is 16.3. The number of nitrogens with one attached hydrogen (secondary N) is 1. The van der Waals surface area contributed by atoms with Crippen LogP contribution in [0.3, 0.4) is 0 Å². The fourth-order valence-electron chi connectivity index (χ4n) is 2.08. The van der Waals surface area contributed by atoms with Gasteiger partial charge in [0.1, 0.15) is 5.69 Å². The lowest BCUT2D eigenvalue weighted by atomic mass is 10.2. The highest BCUT2D eigenvalue weighted by Gasteiger charge is 2.06. The lowest BCUT2D eigenvalue weighted by Gasteiger charge is -2.04. The van der Waals surface area contributed by atoms with Gasteiger partial charge in [-0.3, -0.25) is 4.68 Å². The van der Waals surface area contributed by atoms with Crippen LogP contribution >= 0.6 is 0 Å². The number of aromatic carboxylic acids is 1. The van der Waals surface area contributed by atoms with Gasteiger partial charge in [0.05, 0.1) is 18.4 Å². The molecule has 2 aromatic heterocycles. The molecule has 6 nitrogen and oxygen atoms in total. The van der Waals surface area contributed by atoms with E-state index in [0.717, 1.165) is 11.3 Å². The Morgan fingerprint density at radius 3 is 2.77 bits per heavy atom. The summed E-state index contributed by atoms with van der Waals surface area (Å²) in [5.41, 5.74) is 2.61. The van der Waals surface area contributed by atoms with Crippen molar-refractivity contribution in [3.8, 4) is 0 Å². The van der Waals surface area contributed by atoms with Crippen LogP contribution in [-0.2, 0) is 6.54 Å². The van der Waals surface area contributed by atoms with Crippen LogP contribution < -0.4 is 5.32 Å². The molecule has 2 N–H and O–H groups in total. The van der Waals surface area contributed by atoms with Crippen LogP contribution in [0.5, 0.6) is 0 Å². The largest absolute Gasteiger partial charge is 0.477 e. The molecule has 6 heteroatoms. The highest BCUT2D eigenvalue weighted by atomic mass is 16.4. The number of carboxylic acid groups (broad SMARTS) is 1. The second kappa shape index (κ2) is 6.09. The molecule has 0 aliphatic carbocycles. The molecule has 0 amide bonds. The van der Waals surface area contributed by atoms with Crippen molar-refractivity contribution in [2.75, 3.05) is 5.32 Å². The summed E-state index contributed by atoms with van der Waals surface area (Å²) in [5.74, 6) is -1.05. The van der Waals surface area contributed by atoms with Crippen molar-refractivity contribution in [1.29, 1.82) is 0 Å². The van der Waals surface area contributed by atoms with E-state index in [4.69, 9.17) is 5.11 Å². The summed E-state index contributed by atoms with van der Waals surface area (Å²) in [7, 11) is 0. The lowest BCUT2D eigenvalue weighted by Crippen LogP contribution is -2.01. The topological polar surface area (TPSA) is 80.0 Å². The summed E-state index contributed by atoms with van der Waals surface area (Å²) in [6.45, 7) is 0.680. The van der Waals surface area contributed by atoms with E-state index in [1.165, 1.54) is 12.3 Å². The van der Waals surface area contributed by atoms with Crippen molar-refractivity contribution < 1.29 is 9.90 Å². The van der Waals surface area contributed by atoms with Gasteiger partial charge in [0, 0.05) is 18.1 Å². The van der Waals surface area contributed by atoms with Crippen molar-refractivity contribution in [1.82, 2.24) is 14.8 Å². The fourth-order valence-corrected chi connectivity index (χ4v) is 2.08. The number of anilines is 2. The first-order valence-corrected chi connectivity index (χ1v) is 6.73. The average molecular weight is 294 g/mol. The number of hydrogen-bond donors (Lipinski definition) is 2. The van der Waals surface area contributed by atoms with Gasteiger partial charge in [0.15, 0.2) is 0 Å². The zero-order valence-corrected chi connectivity index (χ0v) is 11.7. The van der Waals surface area contributed by atoms with E-state index in [-0.39, 0.29) is 5.69 Å². The van der Waals surface area contributed by atoms with Crippen molar-refractivity contribution in [2.45, 2.75) is 6.54 Å². The first-order valence-electron chi connectivity index (χ1n) is 6.73. The molecule has 3 rings (SSSR count). The number of hydrogen-bond acceptors (Lipinski definition) is 4. The Balaban J connectivity index is 1.72. The SMILES string of the molecule is O=C(O)c1cc(Nc2cnn(Cc3ccccc3)c2)ccn1. The summed E-state index contributed by atoms with van der Waals surface area (Å²) in [6, 6.07) is 13.2. The van der Waals surface area contributed by atoms with Gasteiger partial charge < -0.3 is 10.4 Å². The number of rotatable bonds is 5. The van der Waals surface area contributed by atoms with E-state index < -0.39 is 5.97 Å². The van der Waals surface area contributed by atoms with Crippen molar-refractivity contribution in [3.63, 3.8) is 0 Å². The molecule has 0 fully saturated rings. The van der Waals surface area contributed by atoms with Gasteiger partial charge in [-0.25, -0.2) is 9.78 Å². The number of aromatic nitrogens is 3. The number of carboxylic acids is 1. The molecule has 0 atom stereocenters. The zero-order chi connectivity index (χ0) is 15.4. The maximum atomic E-state index is 10.9. The van der Waals surface area contributed by atoms with Crippen LogP contribution in [0.1, 0.15) is 16.1 Å². The summed E-state index contributed by atoms with van der Waals surface area (Å²) >= 11 is 0.